The van der Waals surface area contributed by atoms with Gasteiger partial charge >= 0.3 is 0 Å². The number of nitrogens with one attached hydrogen (secondary N) is 1. The molecule has 0 heterocycles. The first-order chi connectivity index (χ1) is 8.60. The van der Waals surface area contributed by atoms with Crippen LogP contribution in [0.25, 0.3) is 0 Å². The van der Waals surface area contributed by atoms with Crippen LogP contribution < -0.4 is 5.32 Å². The van der Waals surface area contributed by atoms with Crippen LogP contribution in [-0.4, -0.2) is 17.9 Å². The highest BCUT2D eigenvalue weighted by Crippen LogP contribution is 2.32. The molecule has 1 aliphatic carbocycles. The van der Waals surface area contributed by atoms with Crippen molar-refractivity contribution in [2.45, 2.75) is 84.6 Å². The Kier molecular flexibility index (Phi) is 6.73. The van der Waals surface area contributed by atoms with Gasteiger partial charge in [0.05, 0.1) is 5.84 Å². The van der Waals surface area contributed by atoms with Crippen molar-refractivity contribution in [2.75, 3.05) is 6.54 Å². The van der Waals surface area contributed by atoms with E-state index in [9.17, 15) is 0 Å². The molecule has 2 nitrogen and oxygen atoms in total. The smallest absolute Gasteiger partial charge is 0.0964 e. The standard InChI is InChI=1S/C16H32N2/c1-5-7-13-17-15(6-2)18-16(3,4)14-11-9-8-10-12-14/h14H,5-13H2,1-4H3,(H,17,18). The average Bonchev–Trinajstić information content (AvgIpc) is 2.38. The lowest BCUT2D eigenvalue weighted by atomic mass is 9.76. The van der Waals surface area contributed by atoms with E-state index in [4.69, 9.17) is 4.99 Å². The molecule has 18 heavy (non-hydrogen) atoms. The summed E-state index contributed by atoms with van der Waals surface area (Å²) in [7, 11) is 0. The third-order valence-corrected chi connectivity index (χ3v) is 4.24. The molecule has 0 saturated heterocycles. The summed E-state index contributed by atoms with van der Waals surface area (Å²) in [5.41, 5.74) is 0.210. The highest BCUT2D eigenvalue weighted by molar-refractivity contribution is 5.82. The molecule has 1 rings (SSSR count). The molecular weight excluding hydrogens is 220 g/mol. The minimum Gasteiger partial charge on any atom is -0.369 e. The second-order valence-corrected chi connectivity index (χ2v) is 6.22. The molecule has 0 aliphatic heterocycles. The summed E-state index contributed by atoms with van der Waals surface area (Å²) < 4.78 is 0. The Hall–Kier alpha value is -0.530. The van der Waals surface area contributed by atoms with Crippen LogP contribution in [0, 0.1) is 5.92 Å². The van der Waals surface area contributed by atoms with Crippen molar-refractivity contribution in [3.8, 4) is 0 Å². The van der Waals surface area contributed by atoms with Crippen molar-refractivity contribution < 1.29 is 0 Å². The quantitative estimate of drug-likeness (QED) is 0.419. The zero-order valence-electron chi connectivity index (χ0n) is 12.9. The van der Waals surface area contributed by atoms with Gasteiger partial charge in [-0.05, 0) is 39.0 Å². The normalized spacial score (nSPS) is 19.0. The van der Waals surface area contributed by atoms with Crippen molar-refractivity contribution in [3.05, 3.63) is 0 Å². The first-order valence-electron chi connectivity index (χ1n) is 7.91. The molecule has 0 bridgehead atoms. The molecular formula is C16H32N2. The lowest BCUT2D eigenvalue weighted by Crippen LogP contribution is -2.49. The largest absolute Gasteiger partial charge is 0.369 e. The van der Waals surface area contributed by atoms with Crippen LogP contribution in [-0.2, 0) is 0 Å². The molecule has 1 saturated carbocycles. The third kappa shape index (κ3) is 4.99. The van der Waals surface area contributed by atoms with Gasteiger partial charge in [0, 0.05) is 18.5 Å². The Balaban J connectivity index is 2.52. The number of hydrogen-bond donors (Lipinski definition) is 1. The fraction of sp³-hybridized carbons (Fsp3) is 0.938. The number of rotatable bonds is 6. The third-order valence-electron chi connectivity index (χ3n) is 4.24. The monoisotopic (exact) mass is 252 g/mol. The summed E-state index contributed by atoms with van der Waals surface area (Å²) in [5, 5.41) is 3.72. The first kappa shape index (κ1) is 15.5. The van der Waals surface area contributed by atoms with Crippen LogP contribution in [0.2, 0.25) is 0 Å². The number of aliphatic imine (C=N–C) groups is 1. The van der Waals surface area contributed by atoms with E-state index in [0.717, 1.165) is 18.9 Å². The van der Waals surface area contributed by atoms with Crippen molar-refractivity contribution in [3.63, 3.8) is 0 Å². The second kappa shape index (κ2) is 7.81. The fourth-order valence-corrected chi connectivity index (χ4v) is 2.91. The predicted octanol–water partition coefficient (Wildman–Crippen LogP) is 4.54. The number of hydrogen-bond acceptors (Lipinski definition) is 1. The molecule has 0 aromatic heterocycles. The van der Waals surface area contributed by atoms with Crippen LogP contribution >= 0.6 is 0 Å². The molecule has 1 N–H and O–H groups in total. The van der Waals surface area contributed by atoms with Crippen LogP contribution in [0.5, 0.6) is 0 Å². The summed E-state index contributed by atoms with van der Waals surface area (Å²) in [4.78, 5) is 4.72. The van der Waals surface area contributed by atoms with E-state index < -0.39 is 0 Å². The maximum atomic E-state index is 4.72. The lowest BCUT2D eigenvalue weighted by molar-refractivity contribution is 0.218. The van der Waals surface area contributed by atoms with Crippen molar-refractivity contribution >= 4 is 5.84 Å². The van der Waals surface area contributed by atoms with Gasteiger partial charge in [-0.1, -0.05) is 39.5 Å². The molecule has 1 fully saturated rings. The highest BCUT2D eigenvalue weighted by atomic mass is 15.1. The summed E-state index contributed by atoms with van der Waals surface area (Å²) >= 11 is 0. The van der Waals surface area contributed by atoms with Gasteiger partial charge in [-0.2, -0.15) is 0 Å². The van der Waals surface area contributed by atoms with Gasteiger partial charge in [0.15, 0.2) is 0 Å². The van der Waals surface area contributed by atoms with E-state index in [1.165, 1.54) is 50.8 Å². The Bertz CT molecular complexity index is 250. The molecule has 0 aromatic carbocycles. The zero-order valence-corrected chi connectivity index (χ0v) is 12.9. The molecule has 0 radical (unpaired) electrons. The SMILES string of the molecule is CCCC/N=C(\CC)NC(C)(C)C1CCCCC1. The van der Waals surface area contributed by atoms with Crippen LogP contribution in [0.1, 0.15) is 79.1 Å². The van der Waals surface area contributed by atoms with Gasteiger partial charge < -0.3 is 5.32 Å². The Labute approximate surface area is 114 Å². The molecule has 1 aliphatic rings. The van der Waals surface area contributed by atoms with E-state index in [-0.39, 0.29) is 5.54 Å². The maximum absolute atomic E-state index is 4.72. The first-order valence-corrected chi connectivity index (χ1v) is 7.91. The second-order valence-electron chi connectivity index (χ2n) is 6.22. The zero-order chi connectivity index (χ0) is 13.4. The van der Waals surface area contributed by atoms with Gasteiger partial charge in [0.25, 0.3) is 0 Å². The van der Waals surface area contributed by atoms with E-state index >= 15 is 0 Å². The Morgan fingerprint density at radius 1 is 1.17 bits per heavy atom. The van der Waals surface area contributed by atoms with E-state index in [1.54, 1.807) is 0 Å². The summed E-state index contributed by atoms with van der Waals surface area (Å²) in [6.07, 6.45) is 10.5. The Morgan fingerprint density at radius 3 is 2.39 bits per heavy atom. The van der Waals surface area contributed by atoms with Gasteiger partial charge in [0.1, 0.15) is 0 Å². The minimum absolute atomic E-state index is 0.210. The molecule has 0 atom stereocenters. The van der Waals surface area contributed by atoms with Gasteiger partial charge in [0.2, 0.25) is 0 Å². The number of unbranched alkanes of at least 4 members (excludes halogenated alkanes) is 1. The van der Waals surface area contributed by atoms with Crippen LogP contribution in [0.4, 0.5) is 0 Å². The van der Waals surface area contributed by atoms with Crippen molar-refractivity contribution in [2.24, 2.45) is 10.9 Å². The highest BCUT2D eigenvalue weighted by Gasteiger charge is 2.30. The number of amidine groups is 1. The van der Waals surface area contributed by atoms with Crippen LogP contribution in [0.15, 0.2) is 4.99 Å². The molecule has 0 spiro atoms. The van der Waals surface area contributed by atoms with E-state index in [1.807, 2.05) is 0 Å². The summed E-state index contributed by atoms with van der Waals surface area (Å²) in [6, 6.07) is 0. The summed E-state index contributed by atoms with van der Waals surface area (Å²) in [6.45, 7) is 10.1. The van der Waals surface area contributed by atoms with E-state index in [0.29, 0.717) is 0 Å². The molecule has 2 heteroatoms. The van der Waals surface area contributed by atoms with Gasteiger partial charge in [-0.15, -0.1) is 0 Å². The summed E-state index contributed by atoms with van der Waals surface area (Å²) in [5.74, 6) is 2.02. The molecule has 0 aromatic rings. The maximum Gasteiger partial charge on any atom is 0.0964 e. The predicted molar refractivity (Wildman–Crippen MR) is 81.3 cm³/mol. The minimum atomic E-state index is 0.210. The van der Waals surface area contributed by atoms with Crippen molar-refractivity contribution in [1.82, 2.24) is 5.32 Å². The number of nitrogens with zero attached hydrogens (tertiary/aromatic N) is 1. The topological polar surface area (TPSA) is 24.4 Å². The Morgan fingerprint density at radius 2 is 1.83 bits per heavy atom. The van der Waals surface area contributed by atoms with Crippen molar-refractivity contribution in [1.29, 1.82) is 0 Å². The van der Waals surface area contributed by atoms with E-state index in [2.05, 4.69) is 33.0 Å². The molecule has 0 amide bonds. The molecule has 0 unspecified atom stereocenters. The van der Waals surface area contributed by atoms with Gasteiger partial charge in [-0.25, -0.2) is 0 Å². The van der Waals surface area contributed by atoms with Crippen LogP contribution in [0.3, 0.4) is 0 Å². The fourth-order valence-electron chi connectivity index (χ4n) is 2.91. The molecule has 106 valence electrons. The average molecular weight is 252 g/mol. The van der Waals surface area contributed by atoms with Gasteiger partial charge in [-0.3, -0.25) is 4.99 Å². The lowest BCUT2D eigenvalue weighted by Gasteiger charge is -2.38.